The number of aromatic amines is 3. The van der Waals surface area contributed by atoms with Crippen molar-refractivity contribution in [2.75, 3.05) is 0 Å². The van der Waals surface area contributed by atoms with Crippen molar-refractivity contribution >= 4 is 32.7 Å². The molecule has 0 aliphatic heterocycles. The van der Waals surface area contributed by atoms with Crippen molar-refractivity contribution in [2.24, 2.45) is 0 Å². The zero-order valence-electron chi connectivity index (χ0n) is 50.7. The summed E-state index contributed by atoms with van der Waals surface area (Å²) in [4.78, 5) is 14.0. The molecule has 0 amide bonds. The number of H-pyrrole nitrogens is 3. The van der Waals surface area contributed by atoms with Crippen molar-refractivity contribution in [1.29, 1.82) is 0 Å². The van der Waals surface area contributed by atoms with Crippen LogP contribution < -0.4 is 14.2 Å². The number of para-hydroxylation sites is 3. The van der Waals surface area contributed by atoms with Crippen LogP contribution in [0.5, 0.6) is 17.2 Å². The molecule has 0 saturated carbocycles. The molecule has 15 aromatic rings. The minimum atomic E-state index is 0.433. The van der Waals surface area contributed by atoms with Gasteiger partial charge >= 0.3 is 0 Å². The number of pyridine rings is 3. The minimum absolute atomic E-state index is 0.433. The van der Waals surface area contributed by atoms with E-state index in [9.17, 15) is 0 Å². The van der Waals surface area contributed by atoms with E-state index in [1.807, 2.05) is 115 Å². The van der Waals surface area contributed by atoms with Crippen molar-refractivity contribution < 1.29 is 14.2 Å². The maximum atomic E-state index is 6.04. The second-order valence-corrected chi connectivity index (χ2v) is 22.2. The molecule has 6 heterocycles. The monoisotopic (exact) mass is 1220 g/mol. The Balaban J connectivity index is 0.000000127. The molecule has 93 heavy (non-hydrogen) atoms. The van der Waals surface area contributed by atoms with E-state index in [1.165, 1.54) is 44.5 Å². The zero-order valence-corrected chi connectivity index (χ0v) is 50.7. The highest BCUT2D eigenvalue weighted by Gasteiger charge is 2.11. The third kappa shape index (κ3) is 17.0. The summed E-state index contributed by atoms with van der Waals surface area (Å²) in [7, 11) is 0. The fraction of sp³-hybridized carbons (Fsp3) is 0.120. The summed E-state index contributed by atoms with van der Waals surface area (Å²) in [5.41, 5.74) is 16.6. The van der Waals surface area contributed by atoms with Crippen LogP contribution in [-0.4, -0.2) is 76.8 Å². The molecule has 0 aliphatic rings. The first-order chi connectivity index (χ1) is 46.0. The number of hydrogen-bond donors (Lipinski definition) is 3. The molecule has 0 radical (unpaired) electrons. The fourth-order valence-corrected chi connectivity index (χ4v) is 10.8. The standard InChI is InChI=1S/3C25H21N5O/c1-2-9-21(16-25-27-29-30-28-25)20(8-1)14-18-6-5-10-23(15-18)31-17-22-13-12-19-7-3-4-11-24(19)26-22;1-2-7-24-21(6-1)10-11-22(26-24)17-31-23-12-8-18(9-13-23)14-19-4-3-5-20(15-19)16-25-27-29-30-28-25;1-2-7-24-21(5-1)12-13-22(26-24)17-31-23-6-3-4-20(15-23)14-18-8-10-19(11-9-18)16-25-27-29-30-28-25/h3*1-13,15H,14,16-17H2,(H,27,28,29,30). The lowest BCUT2D eigenvalue weighted by Crippen LogP contribution is -2.00. The van der Waals surface area contributed by atoms with Crippen LogP contribution in [0, 0.1) is 0 Å². The molecule has 0 aliphatic carbocycles. The van der Waals surface area contributed by atoms with Crippen LogP contribution in [0.15, 0.2) is 255 Å². The van der Waals surface area contributed by atoms with Gasteiger partial charge in [-0.3, -0.25) is 0 Å². The third-order valence-electron chi connectivity index (χ3n) is 15.4. The van der Waals surface area contributed by atoms with E-state index in [-0.39, 0.29) is 0 Å². The number of benzene rings is 9. The maximum absolute atomic E-state index is 6.04. The number of fused-ring (bicyclic) bond motifs is 3. The first kappa shape index (κ1) is 59.8. The van der Waals surface area contributed by atoms with Gasteiger partial charge in [-0.15, -0.1) is 30.6 Å². The van der Waals surface area contributed by atoms with Crippen molar-refractivity contribution in [1.82, 2.24) is 76.8 Å². The second-order valence-electron chi connectivity index (χ2n) is 22.2. The lowest BCUT2D eigenvalue weighted by Gasteiger charge is -2.11. The van der Waals surface area contributed by atoms with Gasteiger partial charge in [0.25, 0.3) is 0 Å². The number of hydrogen-bond acceptors (Lipinski definition) is 15. The lowest BCUT2D eigenvalue weighted by molar-refractivity contribution is 0.301. The molecule has 9 aromatic carbocycles. The summed E-state index contributed by atoms with van der Waals surface area (Å²) >= 11 is 0. The summed E-state index contributed by atoms with van der Waals surface area (Å²) in [6.45, 7) is 1.32. The fourth-order valence-electron chi connectivity index (χ4n) is 10.8. The molecule has 18 nitrogen and oxygen atoms in total. The van der Waals surface area contributed by atoms with E-state index in [0.29, 0.717) is 56.6 Å². The van der Waals surface area contributed by atoms with E-state index >= 15 is 0 Å². The summed E-state index contributed by atoms with van der Waals surface area (Å²) in [5, 5.41) is 45.9. The molecule has 15 rings (SSSR count). The molecule has 456 valence electrons. The van der Waals surface area contributed by atoms with Gasteiger partial charge in [0, 0.05) is 35.4 Å². The highest BCUT2D eigenvalue weighted by Crippen LogP contribution is 2.25. The molecule has 0 bridgehead atoms. The number of tetrazole rings is 3. The summed E-state index contributed by atoms with van der Waals surface area (Å²) in [5.74, 6) is 4.60. The van der Waals surface area contributed by atoms with Crippen molar-refractivity contribution in [2.45, 2.75) is 58.3 Å². The average Bonchev–Trinajstić information content (AvgIpc) is 2.96. The Bertz CT molecular complexity index is 4840. The highest BCUT2D eigenvalue weighted by atomic mass is 16.5. The van der Waals surface area contributed by atoms with Crippen LogP contribution in [-0.2, 0) is 58.3 Å². The Morgan fingerprint density at radius 3 is 1.08 bits per heavy atom. The van der Waals surface area contributed by atoms with Crippen LogP contribution in [0.3, 0.4) is 0 Å². The SMILES string of the molecule is c1cc(Cc2ccc(Cc3nn[nH]n3)cc2)cc(OCc2ccc3ccccc3n2)c1.c1cc(Cc2ccc(OCc3ccc4ccccc4n3)cc2)cc(Cc2nn[nH]n2)c1.c1cc(Cc2ccccc2Cc2nn[nH]n2)cc(OCc2ccc3ccccc3n2)c1. The van der Waals surface area contributed by atoms with Crippen LogP contribution in [0.4, 0.5) is 0 Å². The Labute approximate surface area is 536 Å². The average molecular weight is 1220 g/mol. The first-order valence-electron chi connectivity index (χ1n) is 30.6. The second kappa shape index (κ2) is 29.9. The molecule has 18 heteroatoms. The van der Waals surface area contributed by atoms with Gasteiger partial charge in [0.1, 0.15) is 37.1 Å². The molecular formula is C75H63N15O3. The lowest BCUT2D eigenvalue weighted by atomic mass is 9.97. The Morgan fingerprint density at radius 1 is 0.258 bits per heavy atom. The van der Waals surface area contributed by atoms with Crippen molar-refractivity contribution in [3.8, 4) is 17.2 Å². The highest BCUT2D eigenvalue weighted by molar-refractivity contribution is 5.80. The van der Waals surface area contributed by atoms with Gasteiger partial charge in [-0.2, -0.15) is 15.6 Å². The number of aromatic nitrogens is 15. The molecule has 0 atom stereocenters. The number of rotatable bonds is 21. The minimum Gasteiger partial charge on any atom is -0.487 e. The van der Waals surface area contributed by atoms with Crippen molar-refractivity contribution in [3.05, 3.63) is 339 Å². The normalized spacial score (nSPS) is 11.0. The van der Waals surface area contributed by atoms with Gasteiger partial charge in [-0.1, -0.05) is 198 Å². The molecular weight excluding hydrogens is 1160 g/mol. The Kier molecular flexibility index (Phi) is 19.2. The molecule has 0 saturated heterocycles. The predicted molar refractivity (Wildman–Crippen MR) is 356 cm³/mol. The molecule has 0 fully saturated rings. The van der Waals surface area contributed by atoms with Crippen molar-refractivity contribution in [3.63, 3.8) is 0 Å². The molecule has 6 aromatic heterocycles. The van der Waals surface area contributed by atoms with E-state index in [2.05, 4.69) is 216 Å². The summed E-state index contributed by atoms with van der Waals surface area (Å²) in [6, 6.07) is 86.6. The third-order valence-corrected chi connectivity index (χ3v) is 15.4. The van der Waals surface area contributed by atoms with Crippen LogP contribution in [0.25, 0.3) is 32.7 Å². The van der Waals surface area contributed by atoms with Crippen LogP contribution in [0.2, 0.25) is 0 Å². The molecule has 3 N–H and O–H groups in total. The van der Waals surface area contributed by atoms with Gasteiger partial charge in [0.2, 0.25) is 0 Å². The van der Waals surface area contributed by atoms with Crippen LogP contribution >= 0.6 is 0 Å². The van der Waals surface area contributed by atoms with E-state index < -0.39 is 0 Å². The van der Waals surface area contributed by atoms with Gasteiger partial charge in [-0.05, 0) is 142 Å². The Morgan fingerprint density at radius 2 is 0.613 bits per heavy atom. The number of nitrogens with one attached hydrogen (secondary N) is 3. The van der Waals surface area contributed by atoms with Gasteiger partial charge in [0.15, 0.2) is 17.5 Å². The predicted octanol–water partition coefficient (Wildman–Crippen LogP) is 13.5. The Hall–Kier alpha value is -12.2. The summed E-state index contributed by atoms with van der Waals surface area (Å²) in [6.07, 6.45) is 4.49. The number of ether oxygens (including phenoxy) is 3. The van der Waals surface area contributed by atoms with E-state index in [4.69, 9.17) is 14.2 Å². The van der Waals surface area contributed by atoms with Gasteiger partial charge in [0.05, 0.1) is 33.6 Å². The maximum Gasteiger partial charge on any atom is 0.178 e. The molecule has 0 unspecified atom stereocenters. The van der Waals surface area contributed by atoms with Crippen LogP contribution in [0.1, 0.15) is 84.6 Å². The van der Waals surface area contributed by atoms with Gasteiger partial charge < -0.3 is 14.2 Å². The zero-order chi connectivity index (χ0) is 62.6. The topological polar surface area (TPSA) is 230 Å². The largest absolute Gasteiger partial charge is 0.487 e. The number of nitrogens with zero attached hydrogens (tertiary/aromatic N) is 12. The smallest absolute Gasteiger partial charge is 0.178 e. The van der Waals surface area contributed by atoms with E-state index in [1.54, 1.807) is 0 Å². The first-order valence-corrected chi connectivity index (χ1v) is 30.6. The quantitative estimate of drug-likeness (QED) is 0.0607. The van der Waals surface area contributed by atoms with Gasteiger partial charge in [-0.25, -0.2) is 15.0 Å². The van der Waals surface area contributed by atoms with E-state index in [0.717, 1.165) is 91.9 Å². The molecule has 0 spiro atoms. The summed E-state index contributed by atoms with van der Waals surface area (Å²) < 4.78 is 18.0.